The lowest BCUT2D eigenvalue weighted by Gasteiger charge is -2.05. The van der Waals surface area contributed by atoms with Crippen molar-refractivity contribution in [2.24, 2.45) is 0 Å². The van der Waals surface area contributed by atoms with Crippen molar-refractivity contribution in [3.63, 3.8) is 0 Å². The average Bonchev–Trinajstić information content (AvgIpc) is 2.77. The van der Waals surface area contributed by atoms with Crippen molar-refractivity contribution >= 4 is 34.7 Å². The maximum Gasteiger partial charge on any atom is 0.180 e. The van der Waals surface area contributed by atoms with Gasteiger partial charge in [0.05, 0.1) is 0 Å². The number of nitrogens with zero attached hydrogens (tertiary/aromatic N) is 4. The second-order valence-corrected chi connectivity index (χ2v) is 5.45. The van der Waals surface area contributed by atoms with Crippen LogP contribution < -0.4 is 0 Å². The minimum absolute atomic E-state index is 0.513. The molecule has 84 valence electrons. The van der Waals surface area contributed by atoms with Crippen molar-refractivity contribution in [1.82, 2.24) is 20.2 Å². The number of halogens is 1. The lowest BCUT2D eigenvalue weighted by molar-refractivity contribution is 0.870. The quantitative estimate of drug-likeness (QED) is 0.804. The summed E-state index contributed by atoms with van der Waals surface area (Å²) in [6.07, 6.45) is 0.768. The molecule has 0 aliphatic carbocycles. The van der Waals surface area contributed by atoms with Crippen molar-refractivity contribution < 1.29 is 0 Å². The molecule has 7 heteroatoms. The van der Waals surface area contributed by atoms with Gasteiger partial charge >= 0.3 is 0 Å². The van der Waals surface area contributed by atoms with Crippen LogP contribution in [0.3, 0.4) is 0 Å². The van der Waals surface area contributed by atoms with Crippen LogP contribution in [0, 0.1) is 6.92 Å². The molecule has 0 atom stereocenters. The van der Waals surface area contributed by atoms with Crippen molar-refractivity contribution in [3.8, 4) is 0 Å². The molecule has 0 spiro atoms. The van der Waals surface area contributed by atoms with Gasteiger partial charge in [-0.3, -0.25) is 0 Å². The van der Waals surface area contributed by atoms with Crippen LogP contribution in [0.5, 0.6) is 0 Å². The Hall–Kier alpha value is -0.720. The Bertz CT molecular complexity index is 487. The molecule has 0 bridgehead atoms. The fraction of sp³-hybridized carbons (Fsp3) is 0.333. The van der Waals surface area contributed by atoms with Crippen LogP contribution >= 0.6 is 34.7 Å². The molecule has 2 aromatic heterocycles. The molecular weight excluding hydrogens is 264 g/mol. The summed E-state index contributed by atoms with van der Waals surface area (Å²) in [6, 6.07) is 0. The van der Waals surface area contributed by atoms with Crippen LogP contribution in [0.2, 0.25) is 5.15 Å². The molecule has 0 aliphatic rings. The van der Waals surface area contributed by atoms with Gasteiger partial charge in [0, 0.05) is 12.0 Å². The Morgan fingerprint density at radius 3 is 2.88 bits per heavy atom. The molecule has 0 fully saturated rings. The summed E-state index contributed by atoms with van der Waals surface area (Å²) in [5, 5.41) is 9.12. The van der Waals surface area contributed by atoms with E-state index in [1.807, 2.05) is 13.8 Å². The van der Waals surface area contributed by atoms with Gasteiger partial charge in [0.2, 0.25) is 0 Å². The number of aryl methyl sites for hydroxylation is 1. The molecular formula is C9H9ClN4S2. The van der Waals surface area contributed by atoms with Crippen LogP contribution in [0.1, 0.15) is 18.3 Å². The summed E-state index contributed by atoms with van der Waals surface area (Å²) in [5.74, 6) is 0.752. The van der Waals surface area contributed by atoms with Crippen molar-refractivity contribution in [3.05, 3.63) is 22.1 Å². The Labute approximate surface area is 106 Å². The van der Waals surface area contributed by atoms with Crippen molar-refractivity contribution in [2.75, 3.05) is 0 Å². The molecule has 16 heavy (non-hydrogen) atoms. The van der Waals surface area contributed by atoms with Crippen molar-refractivity contribution in [2.45, 2.75) is 29.6 Å². The highest BCUT2D eigenvalue weighted by Crippen LogP contribution is 2.31. The van der Waals surface area contributed by atoms with Gasteiger partial charge in [-0.25, -0.2) is 9.97 Å². The fourth-order valence-electron chi connectivity index (χ4n) is 1.06. The Kier molecular flexibility index (Phi) is 3.73. The first-order valence-electron chi connectivity index (χ1n) is 4.67. The maximum atomic E-state index is 6.04. The number of aromatic nitrogens is 4. The van der Waals surface area contributed by atoms with Gasteiger partial charge in [0.15, 0.2) is 4.34 Å². The standard InChI is InChI=1S/C9H9ClN4S2/c1-3-6-12-7(10)5(2)8(13-6)16-9-14-11-4-15-9/h4H,3H2,1-2H3. The van der Waals surface area contributed by atoms with E-state index in [9.17, 15) is 0 Å². The third-order valence-electron chi connectivity index (χ3n) is 1.93. The van der Waals surface area contributed by atoms with E-state index in [1.165, 1.54) is 23.1 Å². The van der Waals surface area contributed by atoms with Gasteiger partial charge in [-0.2, -0.15) is 0 Å². The largest absolute Gasteiger partial charge is 0.226 e. The third kappa shape index (κ3) is 2.50. The normalized spacial score (nSPS) is 10.7. The summed E-state index contributed by atoms with van der Waals surface area (Å²) in [5.41, 5.74) is 2.58. The molecule has 0 aromatic carbocycles. The first kappa shape index (κ1) is 11.8. The van der Waals surface area contributed by atoms with Crippen LogP contribution in [0.25, 0.3) is 0 Å². The third-order valence-corrected chi connectivity index (χ3v) is 4.17. The van der Waals surface area contributed by atoms with Crippen LogP contribution in [0.15, 0.2) is 14.9 Å². The number of hydrogen-bond acceptors (Lipinski definition) is 6. The Morgan fingerprint density at radius 1 is 1.44 bits per heavy atom. The molecule has 2 aromatic rings. The zero-order valence-corrected chi connectivity index (χ0v) is 11.2. The lowest BCUT2D eigenvalue weighted by atomic mass is 10.3. The average molecular weight is 273 g/mol. The van der Waals surface area contributed by atoms with Crippen molar-refractivity contribution in [1.29, 1.82) is 0 Å². The first-order chi connectivity index (χ1) is 7.70. The first-order valence-corrected chi connectivity index (χ1v) is 6.75. The van der Waals surface area contributed by atoms with Gasteiger partial charge in [0.1, 0.15) is 21.5 Å². The summed E-state index contributed by atoms with van der Waals surface area (Å²) in [6.45, 7) is 3.91. The van der Waals surface area contributed by atoms with Gasteiger partial charge in [-0.15, -0.1) is 10.2 Å². The SMILES string of the molecule is CCc1nc(Cl)c(C)c(Sc2nncs2)n1. The maximum absolute atomic E-state index is 6.04. The van der Waals surface area contributed by atoms with E-state index in [4.69, 9.17) is 11.6 Å². The molecule has 0 saturated heterocycles. The highest BCUT2D eigenvalue weighted by Gasteiger charge is 2.11. The minimum atomic E-state index is 0.513. The second kappa shape index (κ2) is 5.07. The molecule has 2 rings (SSSR count). The van der Waals surface area contributed by atoms with E-state index in [1.54, 1.807) is 5.51 Å². The smallest absolute Gasteiger partial charge is 0.180 e. The van der Waals surface area contributed by atoms with Crippen LogP contribution in [0.4, 0.5) is 0 Å². The van der Waals surface area contributed by atoms with E-state index in [-0.39, 0.29) is 0 Å². The highest BCUT2D eigenvalue weighted by atomic mass is 35.5. The molecule has 0 saturated carbocycles. The Morgan fingerprint density at radius 2 is 2.25 bits per heavy atom. The summed E-state index contributed by atoms with van der Waals surface area (Å²) in [7, 11) is 0. The van der Waals surface area contributed by atoms with E-state index >= 15 is 0 Å². The molecule has 4 nitrogen and oxygen atoms in total. The highest BCUT2D eigenvalue weighted by molar-refractivity contribution is 8.01. The summed E-state index contributed by atoms with van der Waals surface area (Å²) < 4.78 is 0.861. The Balaban J connectivity index is 2.36. The fourth-order valence-corrected chi connectivity index (χ4v) is 2.79. The van der Waals surface area contributed by atoms with Gasteiger partial charge in [-0.1, -0.05) is 29.9 Å². The monoisotopic (exact) mass is 272 g/mol. The number of hydrogen-bond donors (Lipinski definition) is 0. The summed E-state index contributed by atoms with van der Waals surface area (Å²) in [4.78, 5) is 8.62. The van der Waals surface area contributed by atoms with Crippen LogP contribution in [-0.4, -0.2) is 20.2 Å². The van der Waals surface area contributed by atoms with Gasteiger partial charge in [0.25, 0.3) is 0 Å². The minimum Gasteiger partial charge on any atom is -0.226 e. The molecule has 2 heterocycles. The molecule has 0 unspecified atom stereocenters. The molecule has 0 aliphatic heterocycles. The predicted molar refractivity (Wildman–Crippen MR) is 65.2 cm³/mol. The zero-order chi connectivity index (χ0) is 11.5. The topological polar surface area (TPSA) is 51.6 Å². The van der Waals surface area contributed by atoms with Gasteiger partial charge < -0.3 is 0 Å². The van der Waals surface area contributed by atoms with E-state index < -0.39 is 0 Å². The zero-order valence-electron chi connectivity index (χ0n) is 8.77. The van der Waals surface area contributed by atoms with E-state index in [0.717, 1.165) is 27.2 Å². The van der Waals surface area contributed by atoms with Gasteiger partial charge in [-0.05, 0) is 18.7 Å². The van der Waals surface area contributed by atoms with Crippen LogP contribution in [-0.2, 0) is 6.42 Å². The second-order valence-electron chi connectivity index (χ2n) is 3.02. The lowest BCUT2D eigenvalue weighted by Crippen LogP contribution is -1.98. The predicted octanol–water partition coefficient (Wildman–Crippen LogP) is 3.00. The van der Waals surface area contributed by atoms with E-state index in [0.29, 0.717) is 5.15 Å². The molecule has 0 amide bonds. The molecule has 0 N–H and O–H groups in total. The molecule has 0 radical (unpaired) electrons. The summed E-state index contributed by atoms with van der Waals surface area (Å²) >= 11 is 9.00. The number of rotatable bonds is 3. The van der Waals surface area contributed by atoms with E-state index in [2.05, 4.69) is 20.2 Å².